The lowest BCUT2D eigenvalue weighted by Crippen LogP contribution is -2.43. The van der Waals surface area contributed by atoms with Gasteiger partial charge in [-0.25, -0.2) is 0 Å². The minimum atomic E-state index is -0.599. The van der Waals surface area contributed by atoms with Crippen LogP contribution in [0.25, 0.3) is 0 Å². The topological polar surface area (TPSA) is 88.3 Å². The van der Waals surface area contributed by atoms with Crippen molar-refractivity contribution in [3.8, 4) is 0 Å². The second-order valence-electron chi connectivity index (χ2n) is 10.2. The fraction of sp³-hybridized carbons (Fsp3) is 0.630. The first-order valence-corrected chi connectivity index (χ1v) is 14.0. The predicted octanol–water partition coefficient (Wildman–Crippen LogP) is 5.60. The Hall–Kier alpha value is -1.90. The van der Waals surface area contributed by atoms with Crippen LogP contribution in [0.3, 0.4) is 0 Å². The third-order valence-corrected chi connectivity index (χ3v) is 7.97. The van der Waals surface area contributed by atoms with Crippen molar-refractivity contribution in [3.63, 3.8) is 0 Å². The summed E-state index contributed by atoms with van der Waals surface area (Å²) in [6, 6.07) is 10.5. The largest absolute Gasteiger partial charge is 0.415 e. The molecule has 4 rings (SSSR count). The lowest BCUT2D eigenvalue weighted by molar-refractivity contribution is -0.135. The first kappa shape index (κ1) is 28.7. The summed E-state index contributed by atoms with van der Waals surface area (Å²) < 4.78 is 5.96. The predicted molar refractivity (Wildman–Crippen MR) is 144 cm³/mol. The van der Waals surface area contributed by atoms with Gasteiger partial charge in [0, 0.05) is 17.7 Å². The third kappa shape index (κ3) is 8.05. The summed E-state index contributed by atoms with van der Waals surface area (Å²) >= 11 is 1.49. The number of nitrogens with zero attached hydrogens (tertiary/aromatic N) is 3. The van der Waals surface area contributed by atoms with Crippen LogP contribution in [0.5, 0.6) is 0 Å². The molecule has 1 aromatic carbocycles. The van der Waals surface area contributed by atoms with Crippen molar-refractivity contribution in [2.45, 2.75) is 88.1 Å². The summed E-state index contributed by atoms with van der Waals surface area (Å²) in [7, 11) is 0. The van der Waals surface area contributed by atoms with Gasteiger partial charge in [0.2, 0.25) is 17.7 Å². The van der Waals surface area contributed by atoms with Crippen LogP contribution in [0.2, 0.25) is 0 Å². The normalized spacial score (nSPS) is 18.9. The molecule has 0 bridgehead atoms. The van der Waals surface area contributed by atoms with E-state index in [0.717, 1.165) is 58.2 Å². The molecule has 198 valence electrons. The number of benzene rings is 1. The highest BCUT2D eigenvalue weighted by Crippen LogP contribution is 2.35. The number of piperidine rings is 1. The maximum absolute atomic E-state index is 13.5. The minimum absolute atomic E-state index is 0. The van der Waals surface area contributed by atoms with Gasteiger partial charge in [-0.05, 0) is 50.3 Å². The van der Waals surface area contributed by atoms with Crippen molar-refractivity contribution in [2.24, 2.45) is 11.8 Å². The molecule has 1 atom stereocenters. The third-order valence-electron chi connectivity index (χ3n) is 7.13. The molecule has 2 aliphatic rings. The van der Waals surface area contributed by atoms with Crippen molar-refractivity contribution < 1.29 is 14.0 Å². The van der Waals surface area contributed by atoms with Crippen LogP contribution in [0.4, 0.5) is 0 Å². The SMILES string of the molecule is CC(C)Sc1nnc(C(C(=O)NC(=O)C2CCCCCC2)C2CCN(Cc3ccccc3)CC2)o1.Cl. The maximum Gasteiger partial charge on any atom is 0.276 e. The molecule has 2 heterocycles. The first-order valence-electron chi connectivity index (χ1n) is 13.1. The van der Waals surface area contributed by atoms with Crippen molar-refractivity contribution in [3.05, 3.63) is 41.8 Å². The zero-order valence-electron chi connectivity index (χ0n) is 21.4. The number of hydrogen-bond acceptors (Lipinski definition) is 7. The number of carbonyl (C=O) groups excluding carboxylic acids is 2. The van der Waals surface area contributed by atoms with Crippen LogP contribution >= 0.6 is 24.2 Å². The molecule has 1 aromatic heterocycles. The van der Waals surface area contributed by atoms with Crippen LogP contribution in [0.15, 0.2) is 40.0 Å². The highest BCUT2D eigenvalue weighted by atomic mass is 35.5. The molecule has 1 aliphatic heterocycles. The fourth-order valence-corrected chi connectivity index (χ4v) is 5.88. The average Bonchev–Trinajstić information content (AvgIpc) is 3.11. The number of amides is 2. The molecule has 2 fully saturated rings. The Labute approximate surface area is 225 Å². The van der Waals surface area contributed by atoms with Crippen LogP contribution in [0, 0.1) is 11.8 Å². The molecule has 1 saturated carbocycles. The number of halogens is 1. The summed E-state index contributed by atoms with van der Waals surface area (Å²) in [5, 5.41) is 12.0. The van der Waals surface area contributed by atoms with Crippen LogP contribution < -0.4 is 5.32 Å². The number of likely N-dealkylation sites (tertiary alicyclic amines) is 1. The molecule has 0 spiro atoms. The molecular formula is C27H39ClN4O3S. The Morgan fingerprint density at radius 2 is 1.69 bits per heavy atom. The molecule has 1 N–H and O–H groups in total. The number of thioether (sulfide) groups is 1. The lowest BCUT2D eigenvalue weighted by Gasteiger charge is -2.34. The van der Waals surface area contributed by atoms with E-state index in [9.17, 15) is 9.59 Å². The van der Waals surface area contributed by atoms with Gasteiger partial charge in [0.25, 0.3) is 5.22 Å². The van der Waals surface area contributed by atoms with Crippen LogP contribution in [-0.4, -0.2) is 45.3 Å². The Balaban J connectivity index is 0.00000361. The molecule has 1 aliphatic carbocycles. The Morgan fingerprint density at radius 1 is 1.03 bits per heavy atom. The molecule has 36 heavy (non-hydrogen) atoms. The molecule has 9 heteroatoms. The van der Waals surface area contributed by atoms with Gasteiger partial charge in [-0.15, -0.1) is 22.6 Å². The van der Waals surface area contributed by atoms with E-state index in [0.29, 0.717) is 16.4 Å². The number of nitrogens with one attached hydrogen (secondary N) is 1. The van der Waals surface area contributed by atoms with Crippen molar-refractivity contribution >= 4 is 36.0 Å². The molecular weight excluding hydrogens is 496 g/mol. The zero-order valence-corrected chi connectivity index (χ0v) is 23.0. The van der Waals surface area contributed by atoms with E-state index < -0.39 is 5.92 Å². The van der Waals surface area contributed by atoms with E-state index in [1.54, 1.807) is 0 Å². The summed E-state index contributed by atoms with van der Waals surface area (Å²) in [5.41, 5.74) is 1.29. The fourth-order valence-electron chi connectivity index (χ4n) is 5.25. The molecule has 2 aromatic rings. The van der Waals surface area contributed by atoms with Crippen LogP contribution in [0.1, 0.15) is 82.6 Å². The smallest absolute Gasteiger partial charge is 0.276 e. The number of hydrogen-bond donors (Lipinski definition) is 1. The highest BCUT2D eigenvalue weighted by molar-refractivity contribution is 7.99. The van der Waals surface area contributed by atoms with Gasteiger partial charge in [0.15, 0.2) is 0 Å². The molecule has 1 unspecified atom stereocenters. The van der Waals surface area contributed by atoms with E-state index in [4.69, 9.17) is 4.42 Å². The van der Waals surface area contributed by atoms with Crippen molar-refractivity contribution in [1.29, 1.82) is 0 Å². The Kier molecular flexibility index (Phi) is 11.3. The maximum atomic E-state index is 13.5. The van der Waals surface area contributed by atoms with Gasteiger partial charge in [0.1, 0.15) is 5.92 Å². The van der Waals surface area contributed by atoms with Gasteiger partial charge in [-0.1, -0.05) is 81.6 Å². The summed E-state index contributed by atoms with van der Waals surface area (Å²) in [4.78, 5) is 28.9. The molecule has 1 saturated heterocycles. The van der Waals surface area contributed by atoms with Gasteiger partial charge in [-0.3, -0.25) is 19.8 Å². The second-order valence-corrected chi connectivity index (χ2v) is 11.7. The van der Waals surface area contributed by atoms with E-state index in [1.165, 1.54) is 30.2 Å². The molecule has 0 radical (unpaired) electrons. The lowest BCUT2D eigenvalue weighted by atomic mass is 9.83. The average molecular weight is 535 g/mol. The summed E-state index contributed by atoms with van der Waals surface area (Å²) in [6.45, 7) is 6.81. The number of imide groups is 1. The summed E-state index contributed by atoms with van der Waals surface area (Å²) in [6.07, 6.45) is 7.84. The minimum Gasteiger partial charge on any atom is -0.415 e. The van der Waals surface area contributed by atoms with E-state index >= 15 is 0 Å². The van der Waals surface area contributed by atoms with E-state index in [2.05, 4.69) is 58.5 Å². The number of rotatable bonds is 8. The first-order chi connectivity index (χ1) is 17.0. The van der Waals surface area contributed by atoms with Crippen molar-refractivity contribution in [1.82, 2.24) is 20.4 Å². The zero-order chi connectivity index (χ0) is 24.6. The quantitative estimate of drug-likeness (QED) is 0.348. The monoisotopic (exact) mass is 534 g/mol. The number of carbonyl (C=O) groups is 2. The van der Waals surface area contributed by atoms with Crippen molar-refractivity contribution in [2.75, 3.05) is 13.1 Å². The van der Waals surface area contributed by atoms with E-state index in [-0.39, 0.29) is 36.1 Å². The van der Waals surface area contributed by atoms with Gasteiger partial charge in [-0.2, -0.15) is 0 Å². The van der Waals surface area contributed by atoms with Gasteiger partial charge < -0.3 is 4.42 Å². The van der Waals surface area contributed by atoms with Gasteiger partial charge in [0.05, 0.1) is 0 Å². The Morgan fingerprint density at radius 3 is 2.33 bits per heavy atom. The summed E-state index contributed by atoms with van der Waals surface area (Å²) in [5.74, 6) is -0.713. The standard InChI is InChI=1S/C27H38N4O3S.ClH/c1-19(2)35-27-30-29-26(34-27)23(25(33)28-24(32)22-12-8-3-4-9-13-22)21-14-16-31(17-15-21)18-20-10-6-5-7-11-20;/h5-7,10-11,19,21-23H,3-4,8-9,12-18H2,1-2H3,(H,28,32,33);1H. The highest BCUT2D eigenvalue weighted by Gasteiger charge is 2.38. The van der Waals surface area contributed by atoms with Gasteiger partial charge >= 0.3 is 0 Å². The molecule has 2 amide bonds. The molecule has 7 nitrogen and oxygen atoms in total. The number of aromatic nitrogens is 2. The second kappa shape index (κ2) is 14.1. The van der Waals surface area contributed by atoms with Crippen LogP contribution in [-0.2, 0) is 16.1 Å². The van der Waals surface area contributed by atoms with E-state index in [1.807, 2.05) is 6.07 Å². The Bertz CT molecular complexity index is 955.